The van der Waals surface area contributed by atoms with Crippen molar-refractivity contribution in [1.29, 1.82) is 0 Å². The zero-order chi connectivity index (χ0) is 13.5. The van der Waals surface area contributed by atoms with Crippen molar-refractivity contribution < 1.29 is 9.90 Å². The molecule has 0 heterocycles. The van der Waals surface area contributed by atoms with Crippen molar-refractivity contribution in [3.63, 3.8) is 0 Å². The van der Waals surface area contributed by atoms with Crippen LogP contribution in [0.15, 0.2) is 0 Å². The summed E-state index contributed by atoms with van der Waals surface area (Å²) in [5.74, 6) is 0.652. The maximum atomic E-state index is 12.0. The molecule has 3 unspecified atom stereocenters. The van der Waals surface area contributed by atoms with Gasteiger partial charge in [-0.1, -0.05) is 26.7 Å². The lowest BCUT2D eigenvalue weighted by Gasteiger charge is -2.28. The smallest absolute Gasteiger partial charge is 0.224 e. The first-order valence-corrected chi connectivity index (χ1v) is 7.20. The number of carbonyl (C=O) groups excluding carboxylic acids is 1. The molecule has 1 saturated carbocycles. The summed E-state index contributed by atoms with van der Waals surface area (Å²) in [5, 5.41) is 12.8. The molecule has 0 aromatic rings. The van der Waals surface area contributed by atoms with E-state index in [1.54, 1.807) is 0 Å². The van der Waals surface area contributed by atoms with Crippen LogP contribution in [0.2, 0.25) is 0 Å². The minimum atomic E-state index is -0.250. The van der Waals surface area contributed by atoms with Crippen LogP contribution in [0, 0.1) is 17.8 Å². The maximum absolute atomic E-state index is 12.0. The van der Waals surface area contributed by atoms with Crippen LogP contribution < -0.4 is 11.1 Å². The molecular weight excluding hydrogens is 228 g/mol. The molecule has 1 aliphatic carbocycles. The molecule has 1 aliphatic rings. The lowest BCUT2D eigenvalue weighted by molar-refractivity contribution is -0.125. The molecular formula is C14H28N2O2. The summed E-state index contributed by atoms with van der Waals surface area (Å²) in [7, 11) is 0. The number of nitrogens with one attached hydrogen (secondary N) is 1. The Bertz CT molecular complexity index is 256. The highest BCUT2D eigenvalue weighted by molar-refractivity contribution is 5.78. The first-order valence-electron chi connectivity index (χ1n) is 7.20. The van der Waals surface area contributed by atoms with Crippen LogP contribution >= 0.6 is 0 Å². The first-order chi connectivity index (χ1) is 8.54. The van der Waals surface area contributed by atoms with E-state index in [0.717, 1.165) is 32.1 Å². The highest BCUT2D eigenvalue weighted by Gasteiger charge is 2.25. The molecule has 0 spiro atoms. The molecule has 0 bridgehead atoms. The van der Waals surface area contributed by atoms with Crippen molar-refractivity contribution in [1.82, 2.24) is 5.32 Å². The van der Waals surface area contributed by atoms with E-state index in [1.807, 2.05) is 0 Å². The normalized spacial score (nSPS) is 26.1. The van der Waals surface area contributed by atoms with E-state index in [4.69, 9.17) is 5.73 Å². The van der Waals surface area contributed by atoms with Gasteiger partial charge in [-0.2, -0.15) is 0 Å². The highest BCUT2D eigenvalue weighted by atomic mass is 16.3. The molecule has 1 fully saturated rings. The van der Waals surface area contributed by atoms with Crippen LogP contribution in [0.25, 0.3) is 0 Å². The molecule has 3 atom stereocenters. The number of aliphatic hydroxyl groups is 1. The Hall–Kier alpha value is -0.610. The van der Waals surface area contributed by atoms with Crippen molar-refractivity contribution in [3.05, 3.63) is 0 Å². The van der Waals surface area contributed by atoms with Crippen LogP contribution in [0.1, 0.15) is 46.0 Å². The van der Waals surface area contributed by atoms with Crippen LogP contribution in [0.5, 0.6) is 0 Å². The van der Waals surface area contributed by atoms with Crippen LogP contribution in [0.4, 0.5) is 0 Å². The van der Waals surface area contributed by atoms with Gasteiger partial charge in [0.1, 0.15) is 0 Å². The number of hydrogen-bond acceptors (Lipinski definition) is 3. The fourth-order valence-electron chi connectivity index (χ4n) is 2.68. The quantitative estimate of drug-likeness (QED) is 0.670. The lowest BCUT2D eigenvalue weighted by Crippen LogP contribution is -2.41. The number of rotatable bonds is 6. The maximum Gasteiger partial charge on any atom is 0.224 e. The Kier molecular flexibility index (Phi) is 6.65. The topological polar surface area (TPSA) is 75.4 Å². The molecule has 0 aliphatic heterocycles. The number of nitrogens with two attached hydrogens (primary N) is 1. The minimum absolute atomic E-state index is 0.0453. The molecule has 4 heteroatoms. The zero-order valence-electron chi connectivity index (χ0n) is 11.7. The summed E-state index contributed by atoms with van der Waals surface area (Å²) in [4.78, 5) is 12.0. The fourth-order valence-corrected chi connectivity index (χ4v) is 2.68. The Morgan fingerprint density at radius 3 is 2.61 bits per heavy atom. The molecule has 4 nitrogen and oxygen atoms in total. The van der Waals surface area contributed by atoms with Crippen molar-refractivity contribution in [3.8, 4) is 0 Å². The van der Waals surface area contributed by atoms with Gasteiger partial charge in [-0.15, -0.1) is 0 Å². The van der Waals surface area contributed by atoms with Gasteiger partial charge in [0, 0.05) is 19.0 Å². The molecule has 0 radical (unpaired) electrons. The summed E-state index contributed by atoms with van der Waals surface area (Å²) in [6.07, 6.45) is 4.72. The highest BCUT2D eigenvalue weighted by Crippen LogP contribution is 2.23. The molecule has 1 amide bonds. The van der Waals surface area contributed by atoms with Crippen molar-refractivity contribution in [2.45, 2.75) is 52.1 Å². The van der Waals surface area contributed by atoms with Gasteiger partial charge in [0.05, 0.1) is 12.0 Å². The first kappa shape index (κ1) is 15.4. The summed E-state index contributed by atoms with van der Waals surface area (Å²) in [5.41, 5.74) is 5.65. The van der Waals surface area contributed by atoms with E-state index in [2.05, 4.69) is 19.2 Å². The standard InChI is InChI=1S/C14H28N2O2/c1-10(2)7-12(8-15)14(18)16-9-11-5-3-4-6-13(11)17/h10-13,17H,3-9,15H2,1-2H3,(H,16,18). The number of amides is 1. The number of hydrogen-bond donors (Lipinski definition) is 3. The molecule has 0 aromatic heterocycles. The number of carbonyl (C=O) groups is 1. The predicted octanol–water partition coefficient (Wildman–Crippen LogP) is 1.27. The third kappa shape index (κ3) is 4.94. The lowest BCUT2D eigenvalue weighted by atomic mass is 9.86. The van der Waals surface area contributed by atoms with E-state index in [0.29, 0.717) is 19.0 Å². The van der Waals surface area contributed by atoms with Crippen LogP contribution in [-0.4, -0.2) is 30.2 Å². The Labute approximate surface area is 110 Å². The summed E-state index contributed by atoms with van der Waals surface area (Å²) in [6, 6.07) is 0. The van der Waals surface area contributed by atoms with Gasteiger partial charge in [0.2, 0.25) is 5.91 Å². The third-order valence-electron chi connectivity index (χ3n) is 3.82. The summed E-state index contributed by atoms with van der Waals surface area (Å²) >= 11 is 0. The second-order valence-corrected chi connectivity index (χ2v) is 5.92. The van der Waals surface area contributed by atoms with Gasteiger partial charge in [-0.05, 0) is 25.2 Å². The van der Waals surface area contributed by atoms with E-state index >= 15 is 0 Å². The largest absolute Gasteiger partial charge is 0.393 e. The van der Waals surface area contributed by atoms with Crippen molar-refractivity contribution >= 4 is 5.91 Å². The average molecular weight is 256 g/mol. The second kappa shape index (κ2) is 7.74. The minimum Gasteiger partial charge on any atom is -0.393 e. The SMILES string of the molecule is CC(C)CC(CN)C(=O)NCC1CCCCC1O. The van der Waals surface area contributed by atoms with Crippen molar-refractivity contribution in [2.75, 3.05) is 13.1 Å². The van der Waals surface area contributed by atoms with Gasteiger partial charge in [-0.25, -0.2) is 0 Å². The summed E-state index contributed by atoms with van der Waals surface area (Å²) in [6.45, 7) is 5.19. The monoisotopic (exact) mass is 256 g/mol. The second-order valence-electron chi connectivity index (χ2n) is 5.92. The fraction of sp³-hybridized carbons (Fsp3) is 0.929. The Morgan fingerprint density at radius 1 is 1.39 bits per heavy atom. The molecule has 4 N–H and O–H groups in total. The Morgan fingerprint density at radius 2 is 2.06 bits per heavy atom. The van der Waals surface area contributed by atoms with Crippen LogP contribution in [0.3, 0.4) is 0 Å². The van der Waals surface area contributed by atoms with Gasteiger partial charge < -0.3 is 16.2 Å². The van der Waals surface area contributed by atoms with Gasteiger partial charge >= 0.3 is 0 Å². The molecule has 106 valence electrons. The molecule has 18 heavy (non-hydrogen) atoms. The zero-order valence-corrected chi connectivity index (χ0v) is 11.7. The van der Waals surface area contributed by atoms with Gasteiger partial charge in [0.25, 0.3) is 0 Å². The molecule has 1 rings (SSSR count). The predicted molar refractivity (Wildman–Crippen MR) is 73.0 cm³/mol. The van der Waals surface area contributed by atoms with E-state index in [1.165, 1.54) is 0 Å². The molecule has 0 aromatic carbocycles. The van der Waals surface area contributed by atoms with Crippen LogP contribution in [-0.2, 0) is 4.79 Å². The van der Waals surface area contributed by atoms with E-state index < -0.39 is 0 Å². The Balaban J connectivity index is 2.34. The summed E-state index contributed by atoms with van der Waals surface area (Å²) < 4.78 is 0. The van der Waals surface area contributed by atoms with E-state index in [9.17, 15) is 9.90 Å². The third-order valence-corrected chi connectivity index (χ3v) is 3.82. The molecule has 0 saturated heterocycles. The number of aliphatic hydroxyl groups excluding tert-OH is 1. The van der Waals surface area contributed by atoms with Crippen molar-refractivity contribution in [2.24, 2.45) is 23.5 Å². The van der Waals surface area contributed by atoms with E-state index in [-0.39, 0.29) is 23.8 Å². The average Bonchev–Trinajstić information content (AvgIpc) is 2.34. The van der Waals surface area contributed by atoms with Gasteiger partial charge in [0.15, 0.2) is 0 Å². The van der Waals surface area contributed by atoms with Gasteiger partial charge in [-0.3, -0.25) is 4.79 Å².